The van der Waals surface area contributed by atoms with Gasteiger partial charge in [0.2, 0.25) is 22.7 Å². The van der Waals surface area contributed by atoms with Gasteiger partial charge in [0.05, 0.1) is 4.75 Å². The Labute approximate surface area is 186 Å². The van der Waals surface area contributed by atoms with Gasteiger partial charge in [-0.15, -0.1) is 0 Å². The number of nitrogens with zero attached hydrogens (tertiary/aromatic N) is 1. The number of carbonyl (C=O) groups excluding carboxylic acids is 2. The van der Waals surface area contributed by atoms with Crippen molar-refractivity contribution < 1.29 is 27.5 Å². The molecule has 10 heteroatoms. The third-order valence-electron chi connectivity index (χ3n) is 5.79. The first-order valence-electron chi connectivity index (χ1n) is 10.2. The summed E-state index contributed by atoms with van der Waals surface area (Å²) in [7, 11) is -2.24. The first-order valence-corrected chi connectivity index (χ1v) is 11.7. The molecule has 1 fully saturated rings. The van der Waals surface area contributed by atoms with E-state index >= 15 is 0 Å². The van der Waals surface area contributed by atoms with Crippen molar-refractivity contribution in [1.82, 2.24) is 10.0 Å². The molecular weight excluding hydrogens is 434 g/mol. The van der Waals surface area contributed by atoms with Crippen LogP contribution in [-0.4, -0.2) is 45.0 Å². The van der Waals surface area contributed by atoms with Crippen molar-refractivity contribution in [3.63, 3.8) is 0 Å². The summed E-state index contributed by atoms with van der Waals surface area (Å²) in [5.74, 6) is 0.709. The van der Waals surface area contributed by atoms with E-state index in [2.05, 4.69) is 10.0 Å². The first kappa shape index (κ1) is 21.9. The van der Waals surface area contributed by atoms with Gasteiger partial charge in [0.25, 0.3) is 0 Å². The lowest BCUT2D eigenvalue weighted by molar-refractivity contribution is -0.120. The Kier molecular flexibility index (Phi) is 5.72. The summed E-state index contributed by atoms with van der Waals surface area (Å²) in [6.45, 7) is 1.70. The Morgan fingerprint density at radius 2 is 1.78 bits per heavy atom. The van der Waals surface area contributed by atoms with Crippen LogP contribution >= 0.6 is 0 Å². The zero-order chi connectivity index (χ0) is 22.9. The molecule has 1 aliphatic carbocycles. The Bertz CT molecular complexity index is 1130. The molecule has 3 amide bonds. The molecule has 4 rings (SSSR count). The molecule has 1 heterocycles. The van der Waals surface area contributed by atoms with E-state index in [0.717, 1.165) is 5.56 Å². The van der Waals surface area contributed by atoms with Gasteiger partial charge in [-0.1, -0.05) is 30.3 Å². The van der Waals surface area contributed by atoms with E-state index in [0.29, 0.717) is 30.0 Å². The van der Waals surface area contributed by atoms with Crippen molar-refractivity contribution in [2.24, 2.45) is 0 Å². The van der Waals surface area contributed by atoms with Gasteiger partial charge in [0, 0.05) is 25.2 Å². The number of benzene rings is 2. The zero-order valence-electron chi connectivity index (χ0n) is 17.8. The van der Waals surface area contributed by atoms with Crippen LogP contribution in [0.3, 0.4) is 0 Å². The van der Waals surface area contributed by atoms with Gasteiger partial charge in [-0.05, 0) is 37.5 Å². The summed E-state index contributed by atoms with van der Waals surface area (Å²) < 4.78 is 36.6. The van der Waals surface area contributed by atoms with Crippen LogP contribution < -0.4 is 24.4 Å². The van der Waals surface area contributed by atoms with Crippen LogP contribution in [0, 0.1) is 0 Å². The van der Waals surface area contributed by atoms with E-state index in [1.54, 1.807) is 32.2 Å². The van der Waals surface area contributed by atoms with Crippen molar-refractivity contribution >= 4 is 27.6 Å². The topological polar surface area (TPSA) is 114 Å². The molecule has 0 radical (unpaired) electrons. The lowest BCUT2D eigenvalue weighted by Crippen LogP contribution is -2.53. The molecule has 2 aliphatic rings. The smallest absolute Gasteiger partial charge is 0.329 e. The molecule has 1 saturated carbocycles. The summed E-state index contributed by atoms with van der Waals surface area (Å²) in [5.41, 5.74) is 1.37. The lowest BCUT2D eigenvalue weighted by atomic mass is 10.0. The van der Waals surface area contributed by atoms with Gasteiger partial charge in [-0.25, -0.2) is 17.9 Å². The van der Waals surface area contributed by atoms with Gasteiger partial charge >= 0.3 is 6.03 Å². The number of nitrogens with one attached hydrogen (secondary N) is 2. The quantitative estimate of drug-likeness (QED) is 0.656. The molecule has 9 nitrogen and oxygen atoms in total. The van der Waals surface area contributed by atoms with E-state index < -0.39 is 32.8 Å². The number of carbonyl (C=O) groups is 2. The summed E-state index contributed by atoms with van der Waals surface area (Å²) in [4.78, 5) is 27.3. The second-order valence-electron chi connectivity index (χ2n) is 8.21. The number of fused-ring (bicyclic) bond motifs is 1. The van der Waals surface area contributed by atoms with Crippen LogP contribution in [0.5, 0.6) is 11.5 Å². The number of urea groups is 1. The fourth-order valence-electron chi connectivity index (χ4n) is 3.38. The van der Waals surface area contributed by atoms with Crippen molar-refractivity contribution in [3.05, 3.63) is 54.1 Å². The minimum Gasteiger partial charge on any atom is -0.454 e. The third kappa shape index (κ3) is 4.50. The molecule has 1 aliphatic heterocycles. The maximum Gasteiger partial charge on any atom is 0.329 e. The molecule has 0 bridgehead atoms. The van der Waals surface area contributed by atoms with Gasteiger partial charge in [-0.2, -0.15) is 0 Å². The fraction of sp³-hybridized carbons (Fsp3) is 0.364. The number of ether oxygens (including phenoxy) is 2. The second kappa shape index (κ2) is 8.34. The molecular formula is C22H25N3O6S. The molecule has 2 N–H and O–H groups in total. The summed E-state index contributed by atoms with van der Waals surface area (Å²) >= 11 is 0. The van der Waals surface area contributed by atoms with Crippen LogP contribution in [0.2, 0.25) is 0 Å². The minimum atomic E-state index is -3.83. The van der Waals surface area contributed by atoms with Crippen LogP contribution in [-0.2, 0) is 21.2 Å². The van der Waals surface area contributed by atoms with Crippen molar-refractivity contribution in [2.45, 2.75) is 37.0 Å². The summed E-state index contributed by atoms with van der Waals surface area (Å²) in [6.07, 6.45) is 1.18. The van der Waals surface area contributed by atoms with E-state index in [1.807, 2.05) is 30.3 Å². The Morgan fingerprint density at radius 3 is 2.47 bits per heavy atom. The molecule has 2 aromatic carbocycles. The number of amides is 3. The summed E-state index contributed by atoms with van der Waals surface area (Å²) in [6, 6.07) is 12.4. The molecule has 1 unspecified atom stereocenters. The number of rotatable bonds is 7. The maximum atomic E-state index is 13.3. The van der Waals surface area contributed by atoms with Gasteiger partial charge in [0.1, 0.15) is 6.04 Å². The molecule has 2 aromatic rings. The lowest BCUT2D eigenvalue weighted by Gasteiger charge is -2.25. The van der Waals surface area contributed by atoms with Crippen molar-refractivity contribution in [3.8, 4) is 11.5 Å². The Balaban J connectivity index is 1.53. The Morgan fingerprint density at radius 1 is 1.09 bits per heavy atom. The molecule has 1 atom stereocenters. The number of hydrogen-bond donors (Lipinski definition) is 2. The fourth-order valence-corrected chi connectivity index (χ4v) is 4.57. The van der Waals surface area contributed by atoms with Crippen molar-refractivity contribution in [1.29, 1.82) is 0 Å². The van der Waals surface area contributed by atoms with Crippen LogP contribution in [0.4, 0.5) is 10.5 Å². The molecule has 0 aromatic heterocycles. The number of anilines is 1. The van der Waals surface area contributed by atoms with Crippen LogP contribution in [0.1, 0.15) is 25.3 Å². The van der Waals surface area contributed by atoms with E-state index in [4.69, 9.17) is 9.47 Å². The highest BCUT2D eigenvalue weighted by Crippen LogP contribution is 2.42. The van der Waals surface area contributed by atoms with E-state index in [-0.39, 0.29) is 13.2 Å². The average molecular weight is 460 g/mol. The van der Waals surface area contributed by atoms with Crippen LogP contribution in [0.15, 0.2) is 48.5 Å². The first-order chi connectivity index (χ1) is 15.2. The monoisotopic (exact) mass is 459 g/mol. The molecule has 32 heavy (non-hydrogen) atoms. The van der Waals surface area contributed by atoms with E-state index in [1.165, 1.54) is 4.90 Å². The Hall–Kier alpha value is -3.27. The maximum absolute atomic E-state index is 13.3. The largest absolute Gasteiger partial charge is 0.454 e. The van der Waals surface area contributed by atoms with Crippen LogP contribution in [0.25, 0.3) is 0 Å². The third-order valence-corrected chi connectivity index (χ3v) is 7.95. The predicted molar refractivity (Wildman–Crippen MR) is 118 cm³/mol. The van der Waals surface area contributed by atoms with Gasteiger partial charge < -0.3 is 19.7 Å². The highest BCUT2D eigenvalue weighted by atomic mass is 32.2. The van der Waals surface area contributed by atoms with Gasteiger partial charge in [0.15, 0.2) is 11.5 Å². The normalized spacial score (nSPS) is 16.7. The number of hydrogen-bond acceptors (Lipinski definition) is 6. The zero-order valence-corrected chi connectivity index (χ0v) is 18.6. The highest BCUT2D eigenvalue weighted by Gasteiger charge is 2.51. The average Bonchev–Trinajstić information content (AvgIpc) is 3.36. The predicted octanol–water partition coefficient (Wildman–Crippen LogP) is 2.17. The van der Waals surface area contributed by atoms with Gasteiger partial charge in [-0.3, -0.25) is 4.79 Å². The van der Waals surface area contributed by atoms with E-state index in [9.17, 15) is 18.0 Å². The second-order valence-corrected chi connectivity index (χ2v) is 10.4. The number of sulfonamides is 1. The summed E-state index contributed by atoms with van der Waals surface area (Å²) in [5, 5.41) is 2.55. The highest BCUT2D eigenvalue weighted by molar-refractivity contribution is 7.91. The molecule has 0 saturated heterocycles. The number of likely N-dealkylation sites (N-methyl/N-ethyl adjacent to an activating group) is 1. The SMILES string of the molecule is CN(C(=O)C(Cc1ccccc1)NC(=O)NS(=O)(=O)C1(C)CC1)c1ccc2c(c1)OCO2. The standard InChI is InChI=1S/C22H25N3O6S/c1-22(10-11-22)32(28,29)24-21(27)23-17(12-15-6-4-3-5-7-15)20(26)25(2)16-8-9-18-19(13-16)31-14-30-18/h3-9,13,17H,10-12,14H2,1-2H3,(H2,23,24,27). The molecule has 170 valence electrons. The van der Waals surface area contributed by atoms with Crippen molar-refractivity contribution in [2.75, 3.05) is 18.7 Å². The minimum absolute atomic E-state index is 0.113. The molecule has 0 spiro atoms.